The van der Waals surface area contributed by atoms with Crippen LogP contribution in [0.4, 0.5) is 4.39 Å². The van der Waals surface area contributed by atoms with Gasteiger partial charge in [0.1, 0.15) is 12.4 Å². The van der Waals surface area contributed by atoms with Crippen molar-refractivity contribution in [1.82, 2.24) is 14.5 Å². The van der Waals surface area contributed by atoms with Gasteiger partial charge in [-0.05, 0) is 48.2 Å². The molecule has 2 aromatic heterocycles. The summed E-state index contributed by atoms with van der Waals surface area (Å²) in [4.78, 5) is 39.4. The lowest BCUT2D eigenvalue weighted by atomic mass is 10.1. The second kappa shape index (κ2) is 8.69. The first kappa shape index (κ1) is 20.7. The molecule has 1 amide bonds. The minimum absolute atomic E-state index is 0.206. The Morgan fingerprint density at radius 2 is 1.77 bits per heavy atom. The third-order valence-corrected chi connectivity index (χ3v) is 6.02. The molecule has 1 atom stereocenters. The number of nitrogens with zero attached hydrogens (tertiary/aromatic N) is 2. The van der Waals surface area contributed by atoms with Crippen molar-refractivity contribution in [3.63, 3.8) is 0 Å². The fourth-order valence-electron chi connectivity index (χ4n) is 3.58. The number of carbonyl (C=O) groups excluding carboxylic acids is 1. The first-order valence-corrected chi connectivity index (χ1v) is 10.7. The maximum atomic E-state index is 13.4. The lowest BCUT2D eigenvalue weighted by molar-refractivity contribution is -0.122. The average Bonchev–Trinajstić information content (AvgIpc) is 3.31. The molecule has 6 nitrogen and oxygen atoms in total. The van der Waals surface area contributed by atoms with E-state index in [1.807, 2.05) is 17.5 Å². The van der Waals surface area contributed by atoms with Crippen LogP contribution in [-0.2, 0) is 17.9 Å². The number of rotatable bonds is 6. The van der Waals surface area contributed by atoms with Crippen LogP contribution in [0.15, 0.2) is 75.6 Å². The topological polar surface area (TPSA) is 73.1 Å². The maximum absolute atomic E-state index is 13.4. The maximum Gasteiger partial charge on any atom is 0.331 e. The predicted octanol–water partition coefficient (Wildman–Crippen LogP) is 3.29. The van der Waals surface area contributed by atoms with E-state index < -0.39 is 17.6 Å². The van der Waals surface area contributed by atoms with Gasteiger partial charge in [-0.3, -0.25) is 18.7 Å². The van der Waals surface area contributed by atoms with Crippen LogP contribution in [0.1, 0.15) is 23.4 Å². The lowest BCUT2D eigenvalue weighted by Crippen LogP contribution is -2.42. The van der Waals surface area contributed by atoms with E-state index >= 15 is 0 Å². The molecule has 2 aromatic carbocycles. The molecular formula is C23H20FN3O3S. The molecule has 0 spiro atoms. The zero-order valence-corrected chi connectivity index (χ0v) is 17.6. The summed E-state index contributed by atoms with van der Waals surface area (Å²) in [7, 11) is 0. The molecule has 31 heavy (non-hydrogen) atoms. The van der Waals surface area contributed by atoms with Gasteiger partial charge in [0, 0.05) is 11.4 Å². The number of hydrogen-bond acceptors (Lipinski definition) is 4. The van der Waals surface area contributed by atoms with Crippen molar-refractivity contribution in [3.8, 4) is 0 Å². The highest BCUT2D eigenvalue weighted by atomic mass is 32.1. The highest BCUT2D eigenvalue weighted by Crippen LogP contribution is 2.26. The molecular weight excluding hydrogens is 417 g/mol. The summed E-state index contributed by atoms with van der Waals surface area (Å²) < 4.78 is 15.8. The van der Waals surface area contributed by atoms with Crippen LogP contribution in [0.5, 0.6) is 0 Å². The molecule has 0 saturated carbocycles. The molecule has 0 fully saturated rings. The van der Waals surface area contributed by atoms with Gasteiger partial charge in [0.15, 0.2) is 0 Å². The standard InChI is InChI=1S/C23H20FN3O3S/c1-2-26-22(29)17-6-3-4-7-18(17)27(23(26)30)14-20(28)25-21(19-8-5-13-31-19)15-9-11-16(24)12-10-15/h3-13,21H,2,14H2,1H3,(H,25,28). The first-order valence-electron chi connectivity index (χ1n) is 9.80. The summed E-state index contributed by atoms with van der Waals surface area (Å²) in [5, 5.41) is 5.23. The van der Waals surface area contributed by atoms with Gasteiger partial charge in [0.2, 0.25) is 5.91 Å². The second-order valence-corrected chi connectivity index (χ2v) is 7.98. The van der Waals surface area contributed by atoms with Gasteiger partial charge in [-0.25, -0.2) is 9.18 Å². The number of nitrogens with one attached hydrogen (secondary N) is 1. The lowest BCUT2D eigenvalue weighted by Gasteiger charge is -2.19. The number of benzene rings is 2. The van der Waals surface area contributed by atoms with Crippen molar-refractivity contribution in [2.24, 2.45) is 0 Å². The van der Waals surface area contributed by atoms with Crippen molar-refractivity contribution in [3.05, 3.63) is 103 Å². The van der Waals surface area contributed by atoms with Gasteiger partial charge in [0.25, 0.3) is 5.56 Å². The number of hydrogen-bond donors (Lipinski definition) is 1. The van der Waals surface area contributed by atoms with Crippen LogP contribution in [0.3, 0.4) is 0 Å². The third-order valence-electron chi connectivity index (χ3n) is 5.09. The fraction of sp³-hybridized carbons (Fsp3) is 0.174. The SMILES string of the molecule is CCn1c(=O)c2ccccc2n(CC(=O)NC(c2ccc(F)cc2)c2cccs2)c1=O. The van der Waals surface area contributed by atoms with E-state index in [0.717, 1.165) is 15.0 Å². The van der Waals surface area contributed by atoms with Crippen molar-refractivity contribution in [1.29, 1.82) is 0 Å². The molecule has 0 radical (unpaired) electrons. The number of fused-ring (bicyclic) bond motifs is 1. The molecule has 0 aliphatic heterocycles. The molecule has 1 unspecified atom stereocenters. The molecule has 0 saturated heterocycles. The van der Waals surface area contributed by atoms with Crippen LogP contribution in [-0.4, -0.2) is 15.0 Å². The molecule has 4 rings (SSSR count). The minimum atomic E-state index is -0.532. The van der Waals surface area contributed by atoms with Crippen LogP contribution < -0.4 is 16.6 Å². The number of carbonyl (C=O) groups is 1. The first-order chi connectivity index (χ1) is 15.0. The number of thiophene rings is 1. The Kier molecular flexibility index (Phi) is 5.81. The van der Waals surface area contributed by atoms with Crippen molar-refractivity contribution in [2.75, 3.05) is 0 Å². The Morgan fingerprint density at radius 1 is 1.03 bits per heavy atom. The zero-order valence-electron chi connectivity index (χ0n) is 16.7. The van der Waals surface area contributed by atoms with E-state index in [0.29, 0.717) is 10.9 Å². The Labute approximate surface area is 181 Å². The van der Waals surface area contributed by atoms with Crippen molar-refractivity contribution >= 4 is 28.1 Å². The Bertz CT molecular complexity index is 1340. The van der Waals surface area contributed by atoms with Gasteiger partial charge in [0.05, 0.1) is 16.9 Å². The average molecular weight is 437 g/mol. The van der Waals surface area contributed by atoms with Gasteiger partial charge >= 0.3 is 5.69 Å². The molecule has 1 N–H and O–H groups in total. The Hall–Kier alpha value is -3.52. The summed E-state index contributed by atoms with van der Waals surface area (Å²) in [5.74, 6) is -0.754. The number of aromatic nitrogens is 2. The number of halogens is 1. The van der Waals surface area contributed by atoms with Crippen LogP contribution in [0.25, 0.3) is 10.9 Å². The molecule has 158 valence electrons. The highest BCUT2D eigenvalue weighted by molar-refractivity contribution is 7.10. The minimum Gasteiger partial charge on any atom is -0.343 e. The Morgan fingerprint density at radius 3 is 2.45 bits per heavy atom. The summed E-state index contributed by atoms with van der Waals surface area (Å²) in [5.41, 5.74) is 0.234. The largest absolute Gasteiger partial charge is 0.343 e. The molecule has 0 bridgehead atoms. The predicted molar refractivity (Wildman–Crippen MR) is 119 cm³/mol. The van der Waals surface area contributed by atoms with Crippen LogP contribution in [0.2, 0.25) is 0 Å². The second-order valence-electron chi connectivity index (χ2n) is 7.00. The molecule has 0 aliphatic carbocycles. The van der Waals surface area contributed by atoms with Gasteiger partial charge < -0.3 is 5.32 Å². The zero-order chi connectivity index (χ0) is 22.0. The van der Waals surface area contributed by atoms with E-state index in [-0.39, 0.29) is 24.5 Å². The smallest absolute Gasteiger partial charge is 0.331 e. The van der Waals surface area contributed by atoms with E-state index in [4.69, 9.17) is 0 Å². The third kappa shape index (κ3) is 4.06. The number of para-hydroxylation sites is 1. The normalized spacial score (nSPS) is 12.1. The molecule has 8 heteroatoms. The Balaban J connectivity index is 1.71. The summed E-state index contributed by atoms with van der Waals surface area (Å²) in [6, 6.07) is 16.0. The quantitative estimate of drug-likeness (QED) is 0.503. The fourth-order valence-corrected chi connectivity index (χ4v) is 4.38. The van der Waals surface area contributed by atoms with E-state index in [9.17, 15) is 18.8 Å². The van der Waals surface area contributed by atoms with E-state index in [1.165, 1.54) is 28.0 Å². The molecule has 4 aromatic rings. The van der Waals surface area contributed by atoms with Gasteiger partial charge in [-0.1, -0.05) is 30.3 Å². The monoisotopic (exact) mass is 437 g/mol. The molecule has 0 aliphatic rings. The van der Waals surface area contributed by atoms with Crippen LogP contribution >= 0.6 is 11.3 Å². The summed E-state index contributed by atoms with van der Waals surface area (Å²) >= 11 is 1.47. The number of amides is 1. The summed E-state index contributed by atoms with van der Waals surface area (Å²) in [6.45, 7) is 1.67. The van der Waals surface area contributed by atoms with Gasteiger partial charge in [-0.15, -0.1) is 11.3 Å². The van der Waals surface area contributed by atoms with Crippen molar-refractivity contribution < 1.29 is 9.18 Å². The van der Waals surface area contributed by atoms with E-state index in [1.54, 1.807) is 43.3 Å². The van der Waals surface area contributed by atoms with E-state index in [2.05, 4.69) is 5.32 Å². The van der Waals surface area contributed by atoms with Crippen LogP contribution in [0, 0.1) is 5.82 Å². The molecule has 2 heterocycles. The highest BCUT2D eigenvalue weighted by Gasteiger charge is 2.20. The van der Waals surface area contributed by atoms with Crippen molar-refractivity contribution in [2.45, 2.75) is 26.1 Å². The van der Waals surface area contributed by atoms with Gasteiger partial charge in [-0.2, -0.15) is 0 Å². The summed E-state index contributed by atoms with van der Waals surface area (Å²) in [6.07, 6.45) is 0.